The van der Waals surface area contributed by atoms with E-state index in [1.807, 2.05) is 0 Å². The minimum absolute atomic E-state index is 0.0951. The van der Waals surface area contributed by atoms with Gasteiger partial charge in [0.25, 0.3) is 0 Å². The molecule has 9 heavy (non-hydrogen) atoms. The zero-order chi connectivity index (χ0) is 6.91. The van der Waals surface area contributed by atoms with Crippen molar-refractivity contribution in [2.75, 3.05) is 26.0 Å². The maximum Gasteiger partial charge on any atom is 0.200 e. The van der Waals surface area contributed by atoms with Gasteiger partial charge in [-0.1, -0.05) is 0 Å². The lowest BCUT2D eigenvalue weighted by Crippen LogP contribution is -2.07. The van der Waals surface area contributed by atoms with Crippen LogP contribution in [0.2, 0.25) is 0 Å². The highest BCUT2D eigenvalue weighted by Gasteiger charge is 2.30. The second-order valence-electron chi connectivity index (χ2n) is 2.54. The van der Waals surface area contributed by atoms with Crippen molar-refractivity contribution >= 4 is 7.37 Å². The minimum Gasteiger partial charge on any atom is -0.396 e. The lowest BCUT2D eigenvalue weighted by Gasteiger charge is -1.99. The summed E-state index contributed by atoms with van der Waals surface area (Å²) in [5.41, 5.74) is 0. The summed E-state index contributed by atoms with van der Waals surface area (Å²) in [6.07, 6.45) is 0.545. The number of hydrogen-bond acceptors (Lipinski definition) is 3. The molecule has 2 atom stereocenters. The van der Waals surface area contributed by atoms with E-state index in [0.29, 0.717) is 12.8 Å². The zero-order valence-electron chi connectivity index (χ0n) is 5.41. The normalized spacial score (nSPS) is 43.6. The molecule has 1 aliphatic rings. The molecule has 1 saturated heterocycles. The summed E-state index contributed by atoms with van der Waals surface area (Å²) in [5.74, 6) is 0.112. The largest absolute Gasteiger partial charge is 0.396 e. The van der Waals surface area contributed by atoms with Crippen LogP contribution in [0.25, 0.3) is 0 Å². The lowest BCUT2D eigenvalue weighted by molar-refractivity contribution is 0.205. The first kappa shape index (κ1) is 7.26. The predicted octanol–water partition coefficient (Wildman–Crippen LogP) is 0.533. The molecule has 1 aliphatic heterocycles. The van der Waals surface area contributed by atoms with Crippen molar-refractivity contribution < 1.29 is 14.2 Å². The second kappa shape index (κ2) is 2.41. The van der Waals surface area contributed by atoms with Crippen LogP contribution < -0.4 is 0 Å². The highest BCUT2D eigenvalue weighted by Crippen LogP contribution is 2.49. The first-order chi connectivity index (χ1) is 4.14. The van der Waals surface area contributed by atoms with Gasteiger partial charge in [0.05, 0.1) is 6.61 Å². The molecular weight excluding hydrogens is 139 g/mol. The van der Waals surface area contributed by atoms with Crippen molar-refractivity contribution in [2.45, 2.75) is 0 Å². The molecular formula is C5H11O3P. The summed E-state index contributed by atoms with van der Waals surface area (Å²) < 4.78 is 16.0. The van der Waals surface area contributed by atoms with Crippen LogP contribution >= 0.6 is 7.37 Å². The first-order valence-electron chi connectivity index (χ1n) is 2.96. The third kappa shape index (κ3) is 1.78. The lowest BCUT2D eigenvalue weighted by atomic mass is 10.2. The summed E-state index contributed by atoms with van der Waals surface area (Å²) in [5, 5.41) is 8.60. The van der Waals surface area contributed by atoms with Gasteiger partial charge in [-0.05, 0) is 0 Å². The molecule has 1 heterocycles. The molecule has 0 aromatic heterocycles. The summed E-state index contributed by atoms with van der Waals surface area (Å²) in [7, 11) is -2.28. The topological polar surface area (TPSA) is 46.5 Å². The number of aliphatic hydroxyl groups is 1. The SMILES string of the molecule is CP1(=O)CC(CO)CO1. The number of hydrogen-bond donors (Lipinski definition) is 1. The fourth-order valence-electron chi connectivity index (χ4n) is 0.948. The van der Waals surface area contributed by atoms with E-state index in [-0.39, 0.29) is 12.5 Å². The molecule has 1 fully saturated rings. The Morgan fingerprint density at radius 1 is 1.89 bits per heavy atom. The van der Waals surface area contributed by atoms with Gasteiger partial charge in [0.1, 0.15) is 0 Å². The van der Waals surface area contributed by atoms with Gasteiger partial charge in [-0.25, -0.2) is 0 Å². The summed E-state index contributed by atoms with van der Waals surface area (Å²) >= 11 is 0. The Bertz CT molecular complexity index is 145. The van der Waals surface area contributed by atoms with Gasteiger partial charge in [-0.2, -0.15) is 0 Å². The summed E-state index contributed by atoms with van der Waals surface area (Å²) in [6.45, 7) is 2.17. The Kier molecular flexibility index (Phi) is 1.94. The zero-order valence-corrected chi connectivity index (χ0v) is 6.30. The molecule has 0 saturated carbocycles. The van der Waals surface area contributed by atoms with E-state index in [1.165, 1.54) is 0 Å². The van der Waals surface area contributed by atoms with E-state index in [0.717, 1.165) is 0 Å². The number of rotatable bonds is 1. The molecule has 3 nitrogen and oxygen atoms in total. The maximum atomic E-state index is 11.0. The monoisotopic (exact) mass is 150 g/mol. The smallest absolute Gasteiger partial charge is 0.200 e. The van der Waals surface area contributed by atoms with Crippen LogP contribution in [0.4, 0.5) is 0 Å². The van der Waals surface area contributed by atoms with Crippen LogP contribution in [0.3, 0.4) is 0 Å². The highest BCUT2D eigenvalue weighted by molar-refractivity contribution is 7.58. The van der Waals surface area contributed by atoms with E-state index >= 15 is 0 Å². The fourth-order valence-corrected chi connectivity index (χ4v) is 2.74. The van der Waals surface area contributed by atoms with Crippen molar-refractivity contribution in [1.29, 1.82) is 0 Å². The van der Waals surface area contributed by atoms with E-state index in [9.17, 15) is 4.57 Å². The predicted molar refractivity (Wildman–Crippen MR) is 34.9 cm³/mol. The third-order valence-electron chi connectivity index (χ3n) is 1.43. The van der Waals surface area contributed by atoms with Crippen LogP contribution in [0.15, 0.2) is 0 Å². The van der Waals surface area contributed by atoms with Gasteiger partial charge < -0.3 is 9.63 Å². The summed E-state index contributed by atoms with van der Waals surface area (Å²) in [4.78, 5) is 0. The Balaban J connectivity index is 2.47. The fraction of sp³-hybridized carbons (Fsp3) is 1.00. The molecule has 1 rings (SSSR count). The van der Waals surface area contributed by atoms with Crippen LogP contribution in [-0.4, -0.2) is 31.1 Å². The molecule has 0 aromatic carbocycles. The molecule has 0 radical (unpaired) electrons. The Morgan fingerprint density at radius 2 is 2.56 bits per heavy atom. The Hall–Kier alpha value is 0.150. The first-order valence-corrected chi connectivity index (χ1v) is 5.22. The van der Waals surface area contributed by atoms with Gasteiger partial charge in [0.15, 0.2) is 0 Å². The van der Waals surface area contributed by atoms with Crippen molar-refractivity contribution in [1.82, 2.24) is 0 Å². The van der Waals surface area contributed by atoms with Gasteiger partial charge in [-0.15, -0.1) is 0 Å². The molecule has 0 spiro atoms. The molecule has 0 bridgehead atoms. The van der Waals surface area contributed by atoms with Gasteiger partial charge >= 0.3 is 0 Å². The van der Waals surface area contributed by atoms with Crippen molar-refractivity contribution in [3.05, 3.63) is 0 Å². The third-order valence-corrected chi connectivity index (χ3v) is 3.31. The van der Waals surface area contributed by atoms with Crippen LogP contribution in [-0.2, 0) is 9.09 Å². The Morgan fingerprint density at radius 3 is 2.78 bits per heavy atom. The highest BCUT2D eigenvalue weighted by atomic mass is 31.2. The quantitative estimate of drug-likeness (QED) is 0.554. The molecule has 1 N–H and O–H groups in total. The minimum atomic E-state index is -2.28. The van der Waals surface area contributed by atoms with Crippen LogP contribution in [0.5, 0.6) is 0 Å². The second-order valence-corrected chi connectivity index (χ2v) is 5.19. The maximum absolute atomic E-state index is 11.0. The summed E-state index contributed by atoms with van der Waals surface area (Å²) in [6, 6.07) is 0. The van der Waals surface area contributed by atoms with E-state index in [4.69, 9.17) is 9.63 Å². The number of aliphatic hydroxyl groups excluding tert-OH is 1. The van der Waals surface area contributed by atoms with Crippen molar-refractivity contribution in [3.8, 4) is 0 Å². The molecule has 2 unspecified atom stereocenters. The van der Waals surface area contributed by atoms with Gasteiger partial charge in [-0.3, -0.25) is 4.57 Å². The molecule has 54 valence electrons. The molecule has 0 aromatic rings. The van der Waals surface area contributed by atoms with Crippen molar-refractivity contribution in [2.24, 2.45) is 5.92 Å². The van der Waals surface area contributed by atoms with Crippen LogP contribution in [0, 0.1) is 5.92 Å². The van der Waals surface area contributed by atoms with E-state index in [1.54, 1.807) is 6.66 Å². The Labute approximate surface area is 54.5 Å². The van der Waals surface area contributed by atoms with Crippen molar-refractivity contribution in [3.63, 3.8) is 0 Å². The standard InChI is InChI=1S/C5H11O3P/c1-9(7)4-5(2-6)3-8-9/h5-6H,2-4H2,1H3. The average Bonchev–Trinajstić information content (AvgIpc) is 2.10. The molecule has 0 aliphatic carbocycles. The van der Waals surface area contributed by atoms with E-state index < -0.39 is 7.37 Å². The molecule has 4 heteroatoms. The van der Waals surface area contributed by atoms with E-state index in [2.05, 4.69) is 0 Å². The van der Waals surface area contributed by atoms with Gasteiger partial charge in [0, 0.05) is 25.4 Å². The molecule has 0 amide bonds. The average molecular weight is 150 g/mol. The van der Waals surface area contributed by atoms with Gasteiger partial charge in [0.2, 0.25) is 7.37 Å². The van der Waals surface area contributed by atoms with Crippen LogP contribution in [0.1, 0.15) is 0 Å².